The van der Waals surface area contributed by atoms with Crippen molar-refractivity contribution in [3.63, 3.8) is 0 Å². The van der Waals surface area contributed by atoms with Gasteiger partial charge in [-0.25, -0.2) is 0 Å². The molecule has 0 aliphatic rings. The first kappa shape index (κ1) is 13.1. The highest BCUT2D eigenvalue weighted by Gasteiger charge is 2.08. The van der Waals surface area contributed by atoms with Crippen molar-refractivity contribution in [3.8, 4) is 23.6 Å². The van der Waals surface area contributed by atoms with Gasteiger partial charge in [-0.05, 0) is 42.8 Å². The van der Waals surface area contributed by atoms with Gasteiger partial charge in [-0.2, -0.15) is 10.5 Å². The lowest BCUT2D eigenvalue weighted by Crippen LogP contribution is -1.91. The van der Waals surface area contributed by atoms with E-state index in [1.54, 1.807) is 30.3 Å². The third-order valence-electron chi connectivity index (χ3n) is 2.60. The Labute approximate surface area is 119 Å². The number of nitriles is 2. The largest absolute Gasteiger partial charge is 0.456 e. The number of benzene rings is 2. The number of hydrogen-bond acceptors (Lipinski definition) is 3. The Kier molecular flexibility index (Phi) is 3.85. The minimum Gasteiger partial charge on any atom is -0.456 e. The normalized spacial score (nSPS) is 9.47. The molecule has 0 aliphatic heterocycles. The van der Waals surface area contributed by atoms with Crippen molar-refractivity contribution in [2.45, 2.75) is 6.92 Å². The first-order valence-electron chi connectivity index (χ1n) is 5.52. The van der Waals surface area contributed by atoms with E-state index in [1.807, 2.05) is 13.0 Å². The minimum absolute atomic E-state index is 0.449. The van der Waals surface area contributed by atoms with Gasteiger partial charge in [-0.3, -0.25) is 0 Å². The first-order chi connectivity index (χ1) is 9.13. The van der Waals surface area contributed by atoms with Crippen molar-refractivity contribution in [3.05, 3.63) is 57.6 Å². The summed E-state index contributed by atoms with van der Waals surface area (Å²) in [4.78, 5) is 0. The monoisotopic (exact) mass is 312 g/mol. The molecule has 4 heteroatoms. The summed E-state index contributed by atoms with van der Waals surface area (Å²) >= 11 is 3.34. The van der Waals surface area contributed by atoms with Gasteiger partial charge in [0.1, 0.15) is 17.6 Å². The van der Waals surface area contributed by atoms with Gasteiger partial charge in [0.2, 0.25) is 0 Å². The number of rotatable bonds is 2. The van der Waals surface area contributed by atoms with Crippen LogP contribution in [0.1, 0.15) is 16.7 Å². The number of nitrogens with zero attached hydrogens (tertiary/aromatic N) is 2. The van der Waals surface area contributed by atoms with Crippen molar-refractivity contribution in [1.29, 1.82) is 10.5 Å². The second-order valence-corrected chi connectivity index (χ2v) is 4.86. The van der Waals surface area contributed by atoms with Gasteiger partial charge >= 0.3 is 0 Å². The highest BCUT2D eigenvalue weighted by atomic mass is 79.9. The summed E-state index contributed by atoms with van der Waals surface area (Å²) in [5, 5.41) is 18.0. The van der Waals surface area contributed by atoms with E-state index in [1.165, 1.54) is 0 Å². The molecule has 0 unspecified atom stereocenters. The second kappa shape index (κ2) is 5.56. The van der Waals surface area contributed by atoms with Crippen LogP contribution in [0.3, 0.4) is 0 Å². The molecule has 0 aromatic heterocycles. The van der Waals surface area contributed by atoms with E-state index in [4.69, 9.17) is 15.3 Å². The molecule has 0 spiro atoms. The third kappa shape index (κ3) is 2.93. The highest BCUT2D eigenvalue weighted by molar-refractivity contribution is 9.10. The van der Waals surface area contributed by atoms with Crippen LogP contribution in [-0.2, 0) is 0 Å². The molecule has 0 N–H and O–H groups in total. The molecule has 2 rings (SSSR count). The van der Waals surface area contributed by atoms with E-state index >= 15 is 0 Å². The van der Waals surface area contributed by atoms with E-state index in [0.29, 0.717) is 22.6 Å². The zero-order valence-electron chi connectivity index (χ0n) is 10.1. The van der Waals surface area contributed by atoms with E-state index in [2.05, 4.69) is 28.1 Å². The maximum atomic E-state index is 9.06. The van der Waals surface area contributed by atoms with Crippen molar-refractivity contribution in [1.82, 2.24) is 0 Å². The molecular formula is C15H9BrN2O. The lowest BCUT2D eigenvalue weighted by atomic mass is 10.1. The van der Waals surface area contributed by atoms with Crippen LogP contribution in [0.2, 0.25) is 0 Å². The second-order valence-electron chi connectivity index (χ2n) is 3.95. The first-order valence-corrected chi connectivity index (χ1v) is 6.31. The van der Waals surface area contributed by atoms with Gasteiger partial charge in [-0.15, -0.1) is 0 Å². The van der Waals surface area contributed by atoms with Gasteiger partial charge in [0.15, 0.2) is 0 Å². The van der Waals surface area contributed by atoms with Crippen LogP contribution in [0.25, 0.3) is 0 Å². The molecule has 0 radical (unpaired) electrons. The summed E-state index contributed by atoms with van der Waals surface area (Å²) < 4.78 is 6.58. The average molecular weight is 313 g/mol. The summed E-state index contributed by atoms with van der Waals surface area (Å²) in [5.41, 5.74) is 1.88. The van der Waals surface area contributed by atoms with Gasteiger partial charge in [-0.1, -0.05) is 22.0 Å². The van der Waals surface area contributed by atoms with Crippen molar-refractivity contribution >= 4 is 15.9 Å². The molecule has 0 bridgehead atoms. The molecule has 2 aromatic rings. The number of halogens is 1. The quantitative estimate of drug-likeness (QED) is 0.831. The summed E-state index contributed by atoms with van der Waals surface area (Å²) in [6.45, 7) is 1.89. The lowest BCUT2D eigenvalue weighted by Gasteiger charge is -2.10. The Morgan fingerprint density at radius 2 is 1.79 bits per heavy atom. The summed E-state index contributed by atoms with van der Waals surface area (Å²) in [6.07, 6.45) is 0. The smallest absolute Gasteiger partial charge is 0.146 e. The Bertz CT molecular complexity index is 711. The van der Waals surface area contributed by atoms with Gasteiger partial charge < -0.3 is 4.74 Å². The molecule has 0 saturated carbocycles. The van der Waals surface area contributed by atoms with Crippen LogP contribution >= 0.6 is 15.9 Å². The summed E-state index contributed by atoms with van der Waals surface area (Å²) in [6, 6.07) is 14.6. The van der Waals surface area contributed by atoms with Crippen LogP contribution in [0.15, 0.2) is 40.9 Å². The van der Waals surface area contributed by atoms with E-state index in [-0.39, 0.29) is 0 Å². The molecular weight excluding hydrogens is 304 g/mol. The minimum atomic E-state index is 0.449. The fourth-order valence-electron chi connectivity index (χ4n) is 1.57. The lowest BCUT2D eigenvalue weighted by molar-refractivity contribution is 0.477. The standard InChI is InChI=1S/C15H9BrN2O/c1-10-2-3-11(8-17)6-14(10)19-15-7-13(16)5-4-12(15)9-18/h2-7H,1H3. The number of hydrogen-bond donors (Lipinski definition) is 0. The molecule has 0 amide bonds. The zero-order chi connectivity index (χ0) is 13.8. The Morgan fingerprint density at radius 1 is 1.00 bits per heavy atom. The van der Waals surface area contributed by atoms with Crippen LogP contribution < -0.4 is 4.74 Å². The molecule has 0 fully saturated rings. The predicted octanol–water partition coefficient (Wildman–Crippen LogP) is 4.29. The molecule has 19 heavy (non-hydrogen) atoms. The predicted molar refractivity (Wildman–Crippen MR) is 74.8 cm³/mol. The molecule has 0 saturated heterocycles. The Morgan fingerprint density at radius 3 is 2.47 bits per heavy atom. The fraction of sp³-hybridized carbons (Fsp3) is 0.0667. The molecule has 0 heterocycles. The van der Waals surface area contributed by atoms with Crippen LogP contribution in [-0.4, -0.2) is 0 Å². The van der Waals surface area contributed by atoms with Crippen molar-refractivity contribution in [2.75, 3.05) is 0 Å². The molecule has 2 aromatic carbocycles. The number of aryl methyl sites for hydroxylation is 1. The molecule has 92 valence electrons. The van der Waals surface area contributed by atoms with Crippen molar-refractivity contribution < 1.29 is 4.74 Å². The number of ether oxygens (including phenoxy) is 1. The zero-order valence-corrected chi connectivity index (χ0v) is 11.7. The topological polar surface area (TPSA) is 56.8 Å². The van der Waals surface area contributed by atoms with Gasteiger partial charge in [0.05, 0.1) is 17.2 Å². The van der Waals surface area contributed by atoms with Crippen LogP contribution in [0.5, 0.6) is 11.5 Å². The van der Waals surface area contributed by atoms with Crippen LogP contribution in [0.4, 0.5) is 0 Å². The summed E-state index contributed by atoms with van der Waals surface area (Å²) in [5.74, 6) is 1.05. The van der Waals surface area contributed by atoms with E-state index in [9.17, 15) is 0 Å². The third-order valence-corrected chi connectivity index (χ3v) is 3.09. The average Bonchev–Trinajstić information content (AvgIpc) is 2.41. The fourth-order valence-corrected chi connectivity index (χ4v) is 1.91. The van der Waals surface area contributed by atoms with Gasteiger partial charge in [0, 0.05) is 4.47 Å². The Hall–Kier alpha value is -2.30. The van der Waals surface area contributed by atoms with Crippen molar-refractivity contribution in [2.24, 2.45) is 0 Å². The molecule has 0 aliphatic carbocycles. The maximum Gasteiger partial charge on any atom is 0.146 e. The Balaban J connectivity index is 2.45. The highest BCUT2D eigenvalue weighted by Crippen LogP contribution is 2.30. The van der Waals surface area contributed by atoms with E-state index < -0.39 is 0 Å². The van der Waals surface area contributed by atoms with Crippen LogP contribution in [0, 0.1) is 29.6 Å². The molecule has 3 nitrogen and oxygen atoms in total. The van der Waals surface area contributed by atoms with E-state index in [0.717, 1.165) is 10.0 Å². The SMILES string of the molecule is Cc1ccc(C#N)cc1Oc1cc(Br)ccc1C#N. The maximum absolute atomic E-state index is 9.06. The summed E-state index contributed by atoms with van der Waals surface area (Å²) in [7, 11) is 0. The van der Waals surface area contributed by atoms with Gasteiger partial charge in [0.25, 0.3) is 0 Å². The molecule has 0 atom stereocenters.